The van der Waals surface area contributed by atoms with Gasteiger partial charge >= 0.3 is 6.03 Å². The number of amides is 3. The summed E-state index contributed by atoms with van der Waals surface area (Å²) in [6.07, 6.45) is -0.880. The lowest BCUT2D eigenvalue weighted by atomic mass is 10.1. The Balaban J connectivity index is 2.93. The van der Waals surface area contributed by atoms with E-state index in [2.05, 4.69) is 5.32 Å². The summed E-state index contributed by atoms with van der Waals surface area (Å²) in [5.41, 5.74) is 5.77. The fourth-order valence-electron chi connectivity index (χ4n) is 1.71. The maximum atomic E-state index is 11.7. The van der Waals surface area contributed by atoms with Gasteiger partial charge in [-0.1, -0.05) is 19.1 Å². The minimum absolute atomic E-state index is 0.466. The van der Waals surface area contributed by atoms with Crippen LogP contribution in [0.2, 0.25) is 0 Å². The van der Waals surface area contributed by atoms with Crippen LogP contribution in [0.4, 0.5) is 4.79 Å². The van der Waals surface area contributed by atoms with Crippen molar-refractivity contribution in [1.82, 2.24) is 10.6 Å². The quantitative estimate of drug-likeness (QED) is 0.689. The number of primary amides is 1. The number of carbonyl (C=O) groups is 2. The van der Waals surface area contributed by atoms with Gasteiger partial charge in [0.15, 0.2) is 17.6 Å². The molecule has 0 aliphatic carbocycles. The minimum Gasteiger partial charge on any atom is -0.493 e. The van der Waals surface area contributed by atoms with E-state index in [1.165, 1.54) is 14.0 Å². The molecule has 0 radical (unpaired) electrons. The largest absolute Gasteiger partial charge is 0.493 e. The first-order valence-electron chi connectivity index (χ1n) is 6.63. The molecule has 1 rings (SSSR count). The summed E-state index contributed by atoms with van der Waals surface area (Å²) < 4.78 is 10.9. The molecular weight excluding hydrogens is 274 g/mol. The number of para-hydroxylation sites is 1. The molecule has 0 aliphatic heterocycles. The van der Waals surface area contributed by atoms with Gasteiger partial charge in [-0.15, -0.1) is 0 Å². The second-order valence-electron chi connectivity index (χ2n) is 4.34. The van der Waals surface area contributed by atoms with Crippen molar-refractivity contribution in [2.75, 3.05) is 13.7 Å². The molecule has 0 heterocycles. The number of nitrogens with one attached hydrogen (secondary N) is 2. The summed E-state index contributed by atoms with van der Waals surface area (Å²) in [6, 6.07) is 4.54. The van der Waals surface area contributed by atoms with Gasteiger partial charge in [-0.25, -0.2) is 4.79 Å². The van der Waals surface area contributed by atoms with Gasteiger partial charge in [0.2, 0.25) is 0 Å². The maximum absolute atomic E-state index is 11.7. The van der Waals surface area contributed by atoms with Crippen LogP contribution in [0.25, 0.3) is 0 Å². The number of benzene rings is 1. The molecule has 7 heteroatoms. The number of methoxy groups -OCH3 is 1. The van der Waals surface area contributed by atoms with Crippen molar-refractivity contribution >= 4 is 11.9 Å². The summed E-state index contributed by atoms with van der Waals surface area (Å²) in [6.45, 7) is 4.90. The average Bonchev–Trinajstić information content (AvgIpc) is 2.45. The summed E-state index contributed by atoms with van der Waals surface area (Å²) in [5.74, 6) is 0.375. The summed E-state index contributed by atoms with van der Waals surface area (Å²) in [5, 5.41) is 5.16. The highest BCUT2D eigenvalue weighted by molar-refractivity contribution is 5.95. The zero-order chi connectivity index (χ0) is 15.8. The minimum atomic E-state index is -0.914. The second-order valence-corrected chi connectivity index (χ2v) is 4.34. The van der Waals surface area contributed by atoms with E-state index in [0.29, 0.717) is 18.0 Å². The molecule has 0 aromatic heterocycles. The lowest BCUT2D eigenvalue weighted by Crippen LogP contribution is -2.42. The number of nitrogens with two attached hydrogens (primary N) is 1. The maximum Gasteiger partial charge on any atom is 0.318 e. The first-order chi connectivity index (χ1) is 9.99. The standard InChI is InChI=1S/C14H21N3O4/c1-4-16-8-10-6-5-7-11(20-3)12(10)21-9(2)13(18)17-14(15)19/h5-7,9,16H,4,8H2,1-3H3,(H3,15,17,18,19). The molecule has 1 aromatic carbocycles. The fraction of sp³-hybridized carbons (Fsp3) is 0.429. The van der Waals surface area contributed by atoms with E-state index in [4.69, 9.17) is 15.2 Å². The Morgan fingerprint density at radius 1 is 1.38 bits per heavy atom. The van der Waals surface area contributed by atoms with E-state index in [9.17, 15) is 9.59 Å². The van der Waals surface area contributed by atoms with Gasteiger partial charge in [0.05, 0.1) is 7.11 Å². The first kappa shape index (κ1) is 16.8. The third-order valence-electron chi connectivity index (χ3n) is 2.76. The predicted molar refractivity (Wildman–Crippen MR) is 78.2 cm³/mol. The Labute approximate surface area is 123 Å². The summed E-state index contributed by atoms with van der Waals surface area (Å²) in [4.78, 5) is 22.4. The number of hydrogen-bond donors (Lipinski definition) is 3. The monoisotopic (exact) mass is 295 g/mol. The molecule has 1 aromatic rings. The Kier molecular flexibility index (Phi) is 6.48. The van der Waals surface area contributed by atoms with Crippen LogP contribution in [-0.2, 0) is 11.3 Å². The number of imide groups is 1. The van der Waals surface area contributed by atoms with Crippen molar-refractivity contribution in [2.24, 2.45) is 5.73 Å². The highest BCUT2D eigenvalue weighted by atomic mass is 16.5. The molecule has 7 nitrogen and oxygen atoms in total. The van der Waals surface area contributed by atoms with Crippen LogP contribution in [-0.4, -0.2) is 31.7 Å². The van der Waals surface area contributed by atoms with Gasteiger partial charge < -0.3 is 20.5 Å². The topological polar surface area (TPSA) is 103 Å². The molecule has 0 saturated carbocycles. The normalized spacial score (nSPS) is 11.6. The van der Waals surface area contributed by atoms with Gasteiger partial charge in [0.1, 0.15) is 0 Å². The molecular formula is C14H21N3O4. The third kappa shape index (κ3) is 4.96. The average molecular weight is 295 g/mol. The molecule has 1 unspecified atom stereocenters. The molecule has 116 valence electrons. The van der Waals surface area contributed by atoms with E-state index in [0.717, 1.165) is 12.1 Å². The van der Waals surface area contributed by atoms with Crippen molar-refractivity contribution in [1.29, 1.82) is 0 Å². The van der Waals surface area contributed by atoms with Gasteiger partial charge in [-0.3, -0.25) is 10.1 Å². The van der Waals surface area contributed by atoms with Crippen LogP contribution in [0.5, 0.6) is 11.5 Å². The first-order valence-corrected chi connectivity index (χ1v) is 6.63. The van der Waals surface area contributed by atoms with E-state index < -0.39 is 18.0 Å². The van der Waals surface area contributed by atoms with Crippen LogP contribution in [0.15, 0.2) is 18.2 Å². The third-order valence-corrected chi connectivity index (χ3v) is 2.76. The van der Waals surface area contributed by atoms with Crippen molar-refractivity contribution in [3.63, 3.8) is 0 Å². The number of urea groups is 1. The number of ether oxygens (including phenoxy) is 2. The number of carbonyl (C=O) groups excluding carboxylic acids is 2. The summed E-state index contributed by atoms with van der Waals surface area (Å²) >= 11 is 0. The molecule has 3 amide bonds. The van der Waals surface area contributed by atoms with Gasteiger partial charge in [-0.2, -0.15) is 0 Å². The Morgan fingerprint density at radius 3 is 2.67 bits per heavy atom. The molecule has 0 spiro atoms. The number of hydrogen-bond acceptors (Lipinski definition) is 5. The second kappa shape index (κ2) is 8.11. The highest BCUT2D eigenvalue weighted by Gasteiger charge is 2.20. The fourth-order valence-corrected chi connectivity index (χ4v) is 1.71. The lowest BCUT2D eigenvalue weighted by molar-refractivity contribution is -0.126. The SMILES string of the molecule is CCNCc1cccc(OC)c1OC(C)C(=O)NC(N)=O. The Bertz CT molecular complexity index is 505. The van der Waals surface area contributed by atoms with E-state index in [1.807, 2.05) is 24.4 Å². The highest BCUT2D eigenvalue weighted by Crippen LogP contribution is 2.31. The lowest BCUT2D eigenvalue weighted by Gasteiger charge is -2.19. The molecule has 0 bridgehead atoms. The predicted octanol–water partition coefficient (Wildman–Crippen LogP) is 0.767. The van der Waals surface area contributed by atoms with Crippen LogP contribution < -0.4 is 25.8 Å². The van der Waals surface area contributed by atoms with Crippen molar-refractivity contribution < 1.29 is 19.1 Å². The van der Waals surface area contributed by atoms with Gasteiger partial charge in [-0.05, 0) is 19.5 Å². The zero-order valence-corrected chi connectivity index (χ0v) is 12.4. The number of rotatable bonds is 7. The molecule has 4 N–H and O–H groups in total. The van der Waals surface area contributed by atoms with Crippen LogP contribution >= 0.6 is 0 Å². The van der Waals surface area contributed by atoms with E-state index >= 15 is 0 Å². The molecule has 0 fully saturated rings. The van der Waals surface area contributed by atoms with Gasteiger partial charge in [0, 0.05) is 12.1 Å². The summed E-state index contributed by atoms with van der Waals surface area (Å²) in [7, 11) is 1.52. The van der Waals surface area contributed by atoms with Crippen LogP contribution in [0.1, 0.15) is 19.4 Å². The Morgan fingerprint density at radius 2 is 2.10 bits per heavy atom. The Hall–Kier alpha value is -2.28. The van der Waals surface area contributed by atoms with Gasteiger partial charge in [0.25, 0.3) is 5.91 Å². The zero-order valence-electron chi connectivity index (χ0n) is 12.4. The van der Waals surface area contributed by atoms with Crippen LogP contribution in [0, 0.1) is 0 Å². The van der Waals surface area contributed by atoms with Crippen molar-refractivity contribution in [2.45, 2.75) is 26.5 Å². The molecule has 0 aliphatic rings. The smallest absolute Gasteiger partial charge is 0.318 e. The molecule has 21 heavy (non-hydrogen) atoms. The molecule has 1 atom stereocenters. The molecule has 0 saturated heterocycles. The van der Waals surface area contributed by atoms with E-state index in [-0.39, 0.29) is 0 Å². The van der Waals surface area contributed by atoms with Crippen LogP contribution in [0.3, 0.4) is 0 Å². The van der Waals surface area contributed by atoms with Crippen molar-refractivity contribution in [3.8, 4) is 11.5 Å². The van der Waals surface area contributed by atoms with E-state index in [1.54, 1.807) is 6.07 Å². The van der Waals surface area contributed by atoms with Crippen molar-refractivity contribution in [3.05, 3.63) is 23.8 Å².